The minimum Gasteiger partial charge on any atom is -0.337 e. The molecule has 2 aromatic heterocycles. The number of rotatable bonds is 5. The van der Waals surface area contributed by atoms with Gasteiger partial charge >= 0.3 is 0 Å². The van der Waals surface area contributed by atoms with Gasteiger partial charge < -0.3 is 4.52 Å². The van der Waals surface area contributed by atoms with Crippen LogP contribution >= 0.6 is 0 Å². The molecule has 2 aromatic rings. The van der Waals surface area contributed by atoms with Crippen LogP contribution in [-0.4, -0.2) is 36.3 Å². The van der Waals surface area contributed by atoms with Gasteiger partial charge in [-0.1, -0.05) is 5.16 Å². The molecule has 0 aromatic carbocycles. The van der Waals surface area contributed by atoms with Crippen molar-refractivity contribution in [2.24, 2.45) is 5.92 Å². The van der Waals surface area contributed by atoms with Crippen LogP contribution in [0.2, 0.25) is 0 Å². The van der Waals surface area contributed by atoms with E-state index in [0.29, 0.717) is 17.6 Å². The Balaban J connectivity index is 1.44. The lowest BCUT2D eigenvalue weighted by Gasteiger charge is -1.98. The van der Waals surface area contributed by atoms with E-state index < -0.39 is 11.8 Å². The second-order valence-electron chi connectivity index (χ2n) is 5.44. The normalized spacial score (nSPS) is 24.0. The molecule has 0 bridgehead atoms. The summed E-state index contributed by atoms with van der Waals surface area (Å²) in [5.74, 6) is -1.31. The summed E-state index contributed by atoms with van der Waals surface area (Å²) < 4.78 is 32.3. The maximum Gasteiger partial charge on any atom is 0.252 e. The Morgan fingerprint density at radius 1 is 1.35 bits per heavy atom. The molecule has 2 aliphatic carbocycles. The van der Waals surface area contributed by atoms with Crippen molar-refractivity contribution >= 4 is 0 Å². The van der Waals surface area contributed by atoms with Gasteiger partial charge in [0.15, 0.2) is 11.6 Å². The smallest absolute Gasteiger partial charge is 0.252 e. The van der Waals surface area contributed by atoms with E-state index in [2.05, 4.69) is 25.7 Å². The summed E-state index contributed by atoms with van der Waals surface area (Å²) in [5, 5.41) is 15.2. The Hall–Kier alpha value is -1.93. The first-order chi connectivity index (χ1) is 9.62. The summed E-state index contributed by atoms with van der Waals surface area (Å²) in [7, 11) is 0. The molecule has 1 unspecified atom stereocenters. The number of alkyl halides is 2. The number of nitrogens with zero attached hydrogens (tertiary/aromatic N) is 6. The van der Waals surface area contributed by atoms with Crippen LogP contribution in [0.4, 0.5) is 8.78 Å². The first kappa shape index (κ1) is 11.9. The van der Waals surface area contributed by atoms with Crippen molar-refractivity contribution in [3.8, 4) is 0 Å². The van der Waals surface area contributed by atoms with Crippen molar-refractivity contribution in [3.05, 3.63) is 17.5 Å². The molecule has 0 radical (unpaired) electrons. The molecule has 2 heterocycles. The monoisotopic (exact) mass is 282 g/mol. The lowest BCUT2D eigenvalue weighted by Crippen LogP contribution is -2.07. The average Bonchev–Trinajstić information content (AvgIpc) is 3.21. The van der Waals surface area contributed by atoms with E-state index in [9.17, 15) is 8.78 Å². The first-order valence-electron chi connectivity index (χ1n) is 6.57. The molecule has 2 aliphatic rings. The zero-order valence-corrected chi connectivity index (χ0v) is 10.5. The van der Waals surface area contributed by atoms with E-state index in [1.54, 1.807) is 4.68 Å². The second-order valence-corrected chi connectivity index (χ2v) is 5.44. The van der Waals surface area contributed by atoms with Gasteiger partial charge in [0.1, 0.15) is 6.54 Å². The summed E-state index contributed by atoms with van der Waals surface area (Å²) in [6.45, 7) is 0.285. The summed E-state index contributed by atoms with van der Waals surface area (Å²) in [6, 6.07) is 0. The van der Waals surface area contributed by atoms with E-state index in [1.807, 2.05) is 0 Å². The van der Waals surface area contributed by atoms with Crippen molar-refractivity contribution in [1.29, 1.82) is 0 Å². The van der Waals surface area contributed by atoms with Gasteiger partial charge in [0.2, 0.25) is 5.89 Å². The Labute approximate surface area is 112 Å². The highest BCUT2D eigenvalue weighted by Gasteiger charge is 2.56. The number of tetrazole rings is 1. The van der Waals surface area contributed by atoms with Crippen LogP contribution in [0.1, 0.15) is 42.7 Å². The van der Waals surface area contributed by atoms with Crippen molar-refractivity contribution in [3.63, 3.8) is 0 Å². The Morgan fingerprint density at radius 3 is 2.85 bits per heavy atom. The quantitative estimate of drug-likeness (QED) is 0.819. The molecule has 0 N–H and O–H groups in total. The van der Waals surface area contributed by atoms with Crippen molar-refractivity contribution in [2.45, 2.75) is 44.1 Å². The Kier molecular flexibility index (Phi) is 2.39. The number of hydrogen-bond donors (Lipinski definition) is 0. The van der Waals surface area contributed by atoms with Gasteiger partial charge in [-0.2, -0.15) is 4.98 Å². The van der Waals surface area contributed by atoms with Crippen LogP contribution < -0.4 is 0 Å². The van der Waals surface area contributed by atoms with Gasteiger partial charge in [-0.15, -0.1) is 5.10 Å². The molecule has 7 nitrogen and oxygen atoms in total. The highest BCUT2D eigenvalue weighted by molar-refractivity contribution is 5.04. The average molecular weight is 282 g/mol. The molecule has 0 aliphatic heterocycles. The van der Waals surface area contributed by atoms with Gasteiger partial charge in [-0.25, -0.2) is 13.5 Å². The van der Waals surface area contributed by atoms with Crippen LogP contribution in [0.15, 0.2) is 4.52 Å². The first-order valence-corrected chi connectivity index (χ1v) is 6.57. The lowest BCUT2D eigenvalue weighted by molar-refractivity contribution is 0.0983. The van der Waals surface area contributed by atoms with Gasteiger partial charge in [0.25, 0.3) is 5.92 Å². The van der Waals surface area contributed by atoms with E-state index in [-0.39, 0.29) is 19.4 Å². The van der Waals surface area contributed by atoms with Crippen LogP contribution in [-0.2, 0) is 13.0 Å². The lowest BCUT2D eigenvalue weighted by atomic mass is 10.3. The highest BCUT2D eigenvalue weighted by atomic mass is 19.3. The maximum atomic E-state index is 12.8. The molecule has 0 amide bonds. The molecular formula is C11H12F2N6O. The molecule has 2 fully saturated rings. The molecule has 9 heteroatoms. The standard InChI is InChI=1S/C11H12F2N6O/c12-11(13)4-7(11)3-8-14-9(20-16-8)5-19-10(6-1-2-6)15-17-18-19/h6-7H,1-5H2. The summed E-state index contributed by atoms with van der Waals surface area (Å²) in [6.07, 6.45) is 2.25. The van der Waals surface area contributed by atoms with Crippen molar-refractivity contribution in [2.75, 3.05) is 0 Å². The molecule has 4 rings (SSSR count). The number of hydrogen-bond acceptors (Lipinski definition) is 6. The fourth-order valence-electron chi connectivity index (χ4n) is 2.23. The Bertz CT molecular complexity index is 634. The van der Waals surface area contributed by atoms with Gasteiger partial charge in [0, 0.05) is 24.7 Å². The zero-order chi connectivity index (χ0) is 13.7. The van der Waals surface area contributed by atoms with E-state index >= 15 is 0 Å². The molecule has 0 spiro atoms. The zero-order valence-electron chi connectivity index (χ0n) is 10.5. The summed E-state index contributed by atoms with van der Waals surface area (Å²) in [4.78, 5) is 4.12. The van der Waals surface area contributed by atoms with Gasteiger partial charge in [-0.3, -0.25) is 0 Å². The van der Waals surface area contributed by atoms with Gasteiger partial charge in [-0.05, 0) is 23.3 Å². The third-order valence-corrected chi connectivity index (χ3v) is 3.68. The molecule has 2 saturated carbocycles. The minimum atomic E-state index is -2.56. The predicted molar refractivity (Wildman–Crippen MR) is 60.0 cm³/mol. The topological polar surface area (TPSA) is 82.5 Å². The van der Waals surface area contributed by atoms with Crippen LogP contribution in [0.25, 0.3) is 0 Å². The van der Waals surface area contributed by atoms with Crippen LogP contribution in [0.5, 0.6) is 0 Å². The molecular weight excluding hydrogens is 270 g/mol. The maximum absolute atomic E-state index is 12.8. The largest absolute Gasteiger partial charge is 0.337 e. The third-order valence-electron chi connectivity index (χ3n) is 3.68. The highest BCUT2D eigenvalue weighted by Crippen LogP contribution is 2.50. The fourth-order valence-corrected chi connectivity index (χ4v) is 2.23. The minimum absolute atomic E-state index is 0.0876. The second kappa shape index (κ2) is 4.03. The van der Waals surface area contributed by atoms with E-state index in [1.165, 1.54) is 0 Å². The van der Waals surface area contributed by atoms with Crippen molar-refractivity contribution < 1.29 is 13.3 Å². The predicted octanol–water partition coefficient (Wildman–Crippen LogP) is 1.18. The van der Waals surface area contributed by atoms with E-state index in [0.717, 1.165) is 18.7 Å². The molecule has 106 valence electrons. The molecule has 0 saturated heterocycles. The SMILES string of the molecule is FC1(F)CC1Cc1noc(Cn2nnnc2C2CC2)n1. The van der Waals surface area contributed by atoms with Crippen LogP contribution in [0.3, 0.4) is 0 Å². The Morgan fingerprint density at radius 2 is 2.15 bits per heavy atom. The molecule has 20 heavy (non-hydrogen) atoms. The van der Waals surface area contributed by atoms with Crippen LogP contribution in [0, 0.1) is 5.92 Å². The summed E-state index contributed by atoms with van der Waals surface area (Å²) in [5.41, 5.74) is 0. The van der Waals surface area contributed by atoms with E-state index in [4.69, 9.17) is 4.52 Å². The third kappa shape index (κ3) is 2.16. The van der Waals surface area contributed by atoms with Gasteiger partial charge in [0.05, 0.1) is 0 Å². The summed E-state index contributed by atoms with van der Waals surface area (Å²) >= 11 is 0. The number of aromatic nitrogens is 6. The van der Waals surface area contributed by atoms with Crippen molar-refractivity contribution in [1.82, 2.24) is 30.3 Å². The number of halogens is 2. The fraction of sp³-hybridized carbons (Fsp3) is 0.727. The molecule has 1 atom stereocenters.